The van der Waals surface area contributed by atoms with Crippen LogP contribution in [-0.2, 0) is 0 Å². The Hall–Kier alpha value is -0.590. The molecule has 15 heavy (non-hydrogen) atoms. The lowest BCUT2D eigenvalue weighted by molar-refractivity contribution is 0.357. The topological polar surface area (TPSA) is 12.4 Å². The summed E-state index contributed by atoms with van der Waals surface area (Å²) in [6.07, 6.45) is 8.15. The van der Waals surface area contributed by atoms with Gasteiger partial charge < -0.3 is 0 Å². The minimum absolute atomic E-state index is 0.503. The van der Waals surface area contributed by atoms with Gasteiger partial charge >= 0.3 is 0 Å². The molecule has 1 atom stereocenters. The van der Waals surface area contributed by atoms with Gasteiger partial charge in [0.2, 0.25) is 0 Å². The molecule has 0 amide bonds. The first-order valence-electron chi connectivity index (χ1n) is 6.36. The Morgan fingerprint density at radius 3 is 2.07 bits per heavy atom. The van der Waals surface area contributed by atoms with Gasteiger partial charge in [-0.1, -0.05) is 40.2 Å². The Morgan fingerprint density at radius 2 is 1.73 bits per heavy atom. The molecule has 0 saturated heterocycles. The van der Waals surface area contributed by atoms with E-state index in [4.69, 9.17) is 4.99 Å². The number of aliphatic imine (C=N–C) groups is 1. The maximum absolute atomic E-state index is 4.75. The van der Waals surface area contributed by atoms with Crippen LogP contribution in [0.2, 0.25) is 0 Å². The Morgan fingerprint density at radius 1 is 1.20 bits per heavy atom. The highest BCUT2D eigenvalue weighted by atomic mass is 14.8. The molecule has 0 bridgehead atoms. The Kier molecular flexibility index (Phi) is 8.35. The normalized spacial score (nSPS) is 14.3. The van der Waals surface area contributed by atoms with Gasteiger partial charge in [0.1, 0.15) is 0 Å². The van der Waals surface area contributed by atoms with Crippen molar-refractivity contribution in [3.63, 3.8) is 0 Å². The summed E-state index contributed by atoms with van der Waals surface area (Å²) in [4.78, 5) is 4.75. The lowest BCUT2D eigenvalue weighted by Gasteiger charge is -2.22. The maximum Gasteiger partial charge on any atom is 0.0528 e. The van der Waals surface area contributed by atoms with Gasteiger partial charge in [0.25, 0.3) is 0 Å². The summed E-state index contributed by atoms with van der Waals surface area (Å²) >= 11 is 0. The van der Waals surface area contributed by atoms with E-state index in [-0.39, 0.29) is 0 Å². The third-order valence-corrected chi connectivity index (χ3v) is 2.95. The van der Waals surface area contributed by atoms with Crippen LogP contribution in [0.25, 0.3) is 0 Å². The molecule has 0 aliphatic rings. The van der Waals surface area contributed by atoms with Crippen molar-refractivity contribution in [2.45, 2.75) is 65.8 Å². The SMILES string of the molecule is C=CC(C)=NC(CC)C(CCC)CCC. The van der Waals surface area contributed by atoms with Crippen molar-refractivity contribution in [1.82, 2.24) is 0 Å². The molecule has 0 spiro atoms. The Balaban J connectivity index is 4.49. The van der Waals surface area contributed by atoms with Gasteiger partial charge in [-0.3, -0.25) is 4.99 Å². The van der Waals surface area contributed by atoms with Gasteiger partial charge in [-0.25, -0.2) is 0 Å². The Labute approximate surface area is 95.7 Å². The molecule has 0 aromatic carbocycles. The fourth-order valence-electron chi connectivity index (χ4n) is 2.11. The Bertz CT molecular complexity index is 188. The van der Waals surface area contributed by atoms with Crippen LogP contribution in [-0.4, -0.2) is 11.8 Å². The molecule has 1 heteroatoms. The molecule has 0 aromatic rings. The molecule has 1 unspecified atom stereocenters. The van der Waals surface area contributed by atoms with Crippen molar-refractivity contribution >= 4 is 5.71 Å². The van der Waals surface area contributed by atoms with Crippen LogP contribution in [0.4, 0.5) is 0 Å². The lowest BCUT2D eigenvalue weighted by atomic mass is 9.89. The van der Waals surface area contributed by atoms with Crippen LogP contribution in [0, 0.1) is 5.92 Å². The number of rotatable bonds is 8. The molecule has 0 radical (unpaired) electrons. The fourth-order valence-corrected chi connectivity index (χ4v) is 2.11. The van der Waals surface area contributed by atoms with Crippen LogP contribution in [0.5, 0.6) is 0 Å². The molecule has 1 nitrogen and oxygen atoms in total. The van der Waals surface area contributed by atoms with E-state index >= 15 is 0 Å². The second kappa shape index (κ2) is 8.70. The number of hydrogen-bond acceptors (Lipinski definition) is 1. The minimum atomic E-state index is 0.503. The van der Waals surface area contributed by atoms with Gasteiger partial charge in [-0.2, -0.15) is 0 Å². The van der Waals surface area contributed by atoms with E-state index in [1.54, 1.807) is 0 Å². The number of allylic oxidation sites excluding steroid dienone is 1. The van der Waals surface area contributed by atoms with E-state index in [2.05, 4.69) is 27.4 Å². The monoisotopic (exact) mass is 209 g/mol. The molecule has 0 rings (SSSR count). The van der Waals surface area contributed by atoms with E-state index in [0.717, 1.165) is 18.1 Å². The predicted molar refractivity (Wildman–Crippen MR) is 70.7 cm³/mol. The zero-order chi connectivity index (χ0) is 11.7. The molecule has 0 aliphatic heterocycles. The first kappa shape index (κ1) is 14.4. The zero-order valence-electron chi connectivity index (χ0n) is 10.9. The number of nitrogens with zero attached hydrogens (tertiary/aromatic N) is 1. The molecule has 0 N–H and O–H groups in total. The van der Waals surface area contributed by atoms with Gasteiger partial charge in [0.15, 0.2) is 0 Å². The molecule has 0 fully saturated rings. The predicted octanol–water partition coefficient (Wildman–Crippen LogP) is 4.63. The van der Waals surface area contributed by atoms with Crippen LogP contribution < -0.4 is 0 Å². The van der Waals surface area contributed by atoms with Crippen LogP contribution in [0.15, 0.2) is 17.6 Å². The van der Waals surface area contributed by atoms with E-state index in [1.807, 2.05) is 13.0 Å². The van der Waals surface area contributed by atoms with E-state index in [1.165, 1.54) is 25.7 Å². The van der Waals surface area contributed by atoms with Crippen molar-refractivity contribution in [3.8, 4) is 0 Å². The maximum atomic E-state index is 4.75. The first-order valence-corrected chi connectivity index (χ1v) is 6.36. The summed E-state index contributed by atoms with van der Waals surface area (Å²) in [7, 11) is 0. The summed E-state index contributed by atoms with van der Waals surface area (Å²) in [5, 5.41) is 0. The molecule has 88 valence electrons. The molecule has 0 aromatic heterocycles. The van der Waals surface area contributed by atoms with Crippen molar-refractivity contribution < 1.29 is 0 Å². The number of hydrogen-bond donors (Lipinski definition) is 0. The fraction of sp³-hybridized carbons (Fsp3) is 0.786. The van der Waals surface area contributed by atoms with Gasteiger partial charge in [-0.15, -0.1) is 0 Å². The second-order valence-corrected chi connectivity index (χ2v) is 4.29. The van der Waals surface area contributed by atoms with Crippen LogP contribution in [0.3, 0.4) is 0 Å². The van der Waals surface area contributed by atoms with Crippen molar-refractivity contribution in [2.24, 2.45) is 10.9 Å². The average molecular weight is 209 g/mol. The van der Waals surface area contributed by atoms with Crippen LogP contribution in [0.1, 0.15) is 59.8 Å². The summed E-state index contributed by atoms with van der Waals surface area (Å²) in [5.74, 6) is 0.764. The average Bonchev–Trinajstić information content (AvgIpc) is 2.25. The minimum Gasteiger partial charge on any atom is -0.286 e. The highest BCUT2D eigenvalue weighted by Gasteiger charge is 2.17. The summed E-state index contributed by atoms with van der Waals surface area (Å²) < 4.78 is 0. The summed E-state index contributed by atoms with van der Waals surface area (Å²) in [5.41, 5.74) is 1.08. The first-order chi connectivity index (χ1) is 7.19. The van der Waals surface area contributed by atoms with Crippen molar-refractivity contribution in [1.29, 1.82) is 0 Å². The van der Waals surface area contributed by atoms with Gasteiger partial charge in [-0.05, 0) is 38.2 Å². The zero-order valence-corrected chi connectivity index (χ0v) is 10.9. The van der Waals surface area contributed by atoms with Gasteiger partial charge in [0.05, 0.1) is 6.04 Å². The standard InChI is InChI=1S/C14H27N/c1-6-10-13(11-7-2)14(9-4)15-12(5)8-3/h8,13-14H,3,6-7,9-11H2,1-2,4-5H3. The third-order valence-electron chi connectivity index (χ3n) is 2.95. The van der Waals surface area contributed by atoms with Gasteiger partial charge in [0, 0.05) is 5.71 Å². The molecular weight excluding hydrogens is 182 g/mol. The van der Waals surface area contributed by atoms with E-state index in [9.17, 15) is 0 Å². The third kappa shape index (κ3) is 5.76. The molecule has 0 heterocycles. The largest absolute Gasteiger partial charge is 0.286 e. The smallest absolute Gasteiger partial charge is 0.0528 e. The van der Waals surface area contributed by atoms with Crippen molar-refractivity contribution in [3.05, 3.63) is 12.7 Å². The second-order valence-electron chi connectivity index (χ2n) is 4.29. The van der Waals surface area contributed by atoms with Crippen molar-refractivity contribution in [2.75, 3.05) is 0 Å². The highest BCUT2D eigenvalue weighted by Crippen LogP contribution is 2.22. The highest BCUT2D eigenvalue weighted by molar-refractivity contribution is 5.92. The van der Waals surface area contributed by atoms with Crippen LogP contribution >= 0.6 is 0 Å². The lowest BCUT2D eigenvalue weighted by Crippen LogP contribution is -2.19. The molecular formula is C14H27N. The molecule has 0 saturated carbocycles. The molecule has 0 aliphatic carbocycles. The van der Waals surface area contributed by atoms with E-state index < -0.39 is 0 Å². The quantitative estimate of drug-likeness (QED) is 0.517. The summed E-state index contributed by atoms with van der Waals surface area (Å²) in [6, 6.07) is 0.503. The van der Waals surface area contributed by atoms with E-state index in [0.29, 0.717) is 6.04 Å². The summed E-state index contributed by atoms with van der Waals surface area (Å²) in [6.45, 7) is 12.6.